The first kappa shape index (κ1) is 17.7. The minimum atomic E-state index is -0.262. The SMILES string of the molecule is CC[C@@H](NC(=O)N1CCN(CCOC)CC1)c1ccc(F)cc1. The second-order valence-electron chi connectivity index (χ2n) is 5.78. The van der Waals surface area contributed by atoms with Crippen molar-refractivity contribution < 1.29 is 13.9 Å². The van der Waals surface area contributed by atoms with Gasteiger partial charge in [0, 0.05) is 39.8 Å². The lowest BCUT2D eigenvalue weighted by Crippen LogP contribution is -2.52. The zero-order valence-corrected chi connectivity index (χ0v) is 13.9. The van der Waals surface area contributed by atoms with Gasteiger partial charge in [0.05, 0.1) is 12.6 Å². The summed E-state index contributed by atoms with van der Waals surface area (Å²) in [4.78, 5) is 16.6. The van der Waals surface area contributed by atoms with Crippen LogP contribution in [0, 0.1) is 5.82 Å². The van der Waals surface area contributed by atoms with Crippen molar-refractivity contribution in [1.82, 2.24) is 15.1 Å². The Morgan fingerprint density at radius 2 is 1.91 bits per heavy atom. The number of hydrogen-bond acceptors (Lipinski definition) is 3. The number of carbonyl (C=O) groups is 1. The number of benzene rings is 1. The molecular weight excluding hydrogens is 297 g/mol. The van der Waals surface area contributed by atoms with Crippen molar-refractivity contribution in [3.8, 4) is 0 Å². The highest BCUT2D eigenvalue weighted by molar-refractivity contribution is 5.74. The molecule has 1 aliphatic rings. The van der Waals surface area contributed by atoms with Crippen LogP contribution in [-0.2, 0) is 4.74 Å². The first-order valence-corrected chi connectivity index (χ1v) is 8.16. The summed E-state index contributed by atoms with van der Waals surface area (Å²) >= 11 is 0. The molecule has 2 rings (SSSR count). The molecule has 1 fully saturated rings. The molecule has 2 amide bonds. The molecule has 0 radical (unpaired) electrons. The van der Waals surface area contributed by atoms with E-state index in [4.69, 9.17) is 4.74 Å². The highest BCUT2D eigenvalue weighted by Crippen LogP contribution is 2.17. The van der Waals surface area contributed by atoms with Crippen LogP contribution < -0.4 is 5.32 Å². The Labute approximate surface area is 137 Å². The molecule has 1 aliphatic heterocycles. The highest BCUT2D eigenvalue weighted by atomic mass is 19.1. The van der Waals surface area contributed by atoms with Crippen molar-refractivity contribution >= 4 is 6.03 Å². The Morgan fingerprint density at radius 1 is 1.26 bits per heavy atom. The minimum Gasteiger partial charge on any atom is -0.383 e. The number of piperazine rings is 1. The molecule has 1 heterocycles. The quantitative estimate of drug-likeness (QED) is 0.873. The van der Waals surface area contributed by atoms with E-state index in [1.165, 1.54) is 12.1 Å². The van der Waals surface area contributed by atoms with Crippen LogP contribution in [0.2, 0.25) is 0 Å². The van der Waals surface area contributed by atoms with Gasteiger partial charge in [-0.15, -0.1) is 0 Å². The molecule has 0 aliphatic carbocycles. The fourth-order valence-corrected chi connectivity index (χ4v) is 2.75. The molecular formula is C17H26FN3O2. The number of methoxy groups -OCH3 is 1. The summed E-state index contributed by atoms with van der Waals surface area (Å²) in [5.41, 5.74) is 0.931. The van der Waals surface area contributed by atoms with Gasteiger partial charge in [-0.05, 0) is 24.1 Å². The van der Waals surface area contributed by atoms with Crippen molar-refractivity contribution in [1.29, 1.82) is 0 Å². The van der Waals surface area contributed by atoms with Crippen LogP contribution in [0.1, 0.15) is 24.9 Å². The molecule has 1 N–H and O–H groups in total. The van der Waals surface area contributed by atoms with E-state index in [0.29, 0.717) is 6.61 Å². The third-order valence-corrected chi connectivity index (χ3v) is 4.25. The maximum absolute atomic E-state index is 13.0. The molecule has 5 nitrogen and oxygen atoms in total. The van der Waals surface area contributed by atoms with Gasteiger partial charge in [-0.3, -0.25) is 4.90 Å². The van der Waals surface area contributed by atoms with Gasteiger partial charge in [0.15, 0.2) is 0 Å². The van der Waals surface area contributed by atoms with Gasteiger partial charge in [0.1, 0.15) is 5.82 Å². The molecule has 0 saturated carbocycles. The summed E-state index contributed by atoms with van der Waals surface area (Å²) < 4.78 is 18.1. The largest absolute Gasteiger partial charge is 0.383 e. The van der Waals surface area contributed by atoms with Gasteiger partial charge in [-0.25, -0.2) is 9.18 Å². The van der Waals surface area contributed by atoms with Crippen LogP contribution in [0.3, 0.4) is 0 Å². The number of nitrogens with one attached hydrogen (secondary N) is 1. The summed E-state index contributed by atoms with van der Waals surface area (Å²) in [6.07, 6.45) is 0.769. The van der Waals surface area contributed by atoms with Crippen molar-refractivity contribution in [2.24, 2.45) is 0 Å². The first-order chi connectivity index (χ1) is 11.1. The van der Waals surface area contributed by atoms with Crippen LogP contribution in [0.5, 0.6) is 0 Å². The van der Waals surface area contributed by atoms with Gasteiger partial charge < -0.3 is 15.0 Å². The van der Waals surface area contributed by atoms with Crippen LogP contribution in [0.25, 0.3) is 0 Å². The third-order valence-electron chi connectivity index (χ3n) is 4.25. The number of ether oxygens (including phenoxy) is 1. The number of nitrogens with zero attached hydrogens (tertiary/aromatic N) is 2. The Balaban J connectivity index is 1.84. The first-order valence-electron chi connectivity index (χ1n) is 8.16. The second-order valence-corrected chi connectivity index (χ2v) is 5.78. The minimum absolute atomic E-state index is 0.0485. The lowest BCUT2D eigenvalue weighted by atomic mass is 10.0. The number of amides is 2. The Bertz CT molecular complexity index is 487. The summed E-state index contributed by atoms with van der Waals surface area (Å²) in [7, 11) is 1.70. The van der Waals surface area contributed by atoms with E-state index in [-0.39, 0.29) is 17.9 Å². The van der Waals surface area contributed by atoms with Gasteiger partial charge in [-0.1, -0.05) is 19.1 Å². The summed E-state index contributed by atoms with van der Waals surface area (Å²) in [5, 5.41) is 3.05. The normalized spacial score (nSPS) is 17.1. The van der Waals surface area contributed by atoms with Crippen LogP contribution in [-0.4, -0.2) is 62.3 Å². The predicted octanol–water partition coefficient (Wildman–Crippen LogP) is 2.25. The van der Waals surface area contributed by atoms with E-state index in [0.717, 1.165) is 44.7 Å². The van der Waals surface area contributed by atoms with Crippen molar-refractivity contribution in [2.75, 3.05) is 46.4 Å². The molecule has 1 aromatic rings. The maximum atomic E-state index is 13.0. The number of carbonyl (C=O) groups excluding carboxylic acids is 1. The van der Waals surface area contributed by atoms with Gasteiger partial charge in [0.25, 0.3) is 0 Å². The average Bonchev–Trinajstić information content (AvgIpc) is 2.59. The fraction of sp³-hybridized carbons (Fsp3) is 0.588. The van der Waals surface area contributed by atoms with E-state index in [1.54, 1.807) is 19.2 Å². The number of halogens is 1. The van der Waals surface area contributed by atoms with Crippen molar-refractivity contribution in [3.63, 3.8) is 0 Å². The molecule has 1 atom stereocenters. The van der Waals surface area contributed by atoms with Crippen LogP contribution in [0.4, 0.5) is 9.18 Å². The van der Waals surface area contributed by atoms with Crippen molar-refractivity contribution in [2.45, 2.75) is 19.4 Å². The fourth-order valence-electron chi connectivity index (χ4n) is 2.75. The smallest absolute Gasteiger partial charge is 0.317 e. The molecule has 1 saturated heterocycles. The Morgan fingerprint density at radius 3 is 2.48 bits per heavy atom. The lowest BCUT2D eigenvalue weighted by molar-refractivity contribution is 0.105. The topological polar surface area (TPSA) is 44.8 Å². The van der Waals surface area contributed by atoms with E-state index in [2.05, 4.69) is 10.2 Å². The summed E-state index contributed by atoms with van der Waals surface area (Å²) in [5.74, 6) is -0.262. The molecule has 23 heavy (non-hydrogen) atoms. The third kappa shape index (κ3) is 5.18. The van der Waals surface area contributed by atoms with E-state index in [9.17, 15) is 9.18 Å². The molecule has 0 unspecified atom stereocenters. The zero-order valence-electron chi connectivity index (χ0n) is 13.9. The molecule has 0 spiro atoms. The average molecular weight is 323 g/mol. The molecule has 0 bridgehead atoms. The maximum Gasteiger partial charge on any atom is 0.317 e. The van der Waals surface area contributed by atoms with Gasteiger partial charge in [0.2, 0.25) is 0 Å². The van der Waals surface area contributed by atoms with Gasteiger partial charge >= 0.3 is 6.03 Å². The van der Waals surface area contributed by atoms with Crippen molar-refractivity contribution in [3.05, 3.63) is 35.6 Å². The molecule has 0 aromatic heterocycles. The van der Waals surface area contributed by atoms with E-state index in [1.807, 2.05) is 11.8 Å². The molecule has 128 valence electrons. The molecule has 1 aromatic carbocycles. The summed E-state index contributed by atoms with van der Waals surface area (Å²) in [6, 6.07) is 6.18. The standard InChI is InChI=1S/C17H26FN3O2/c1-3-16(14-4-6-15(18)7-5-14)19-17(22)21-10-8-20(9-11-21)12-13-23-2/h4-7,16H,3,8-13H2,1-2H3,(H,19,22)/t16-/m1/s1. The summed E-state index contributed by atoms with van der Waals surface area (Å²) in [6.45, 7) is 6.80. The number of rotatable bonds is 6. The Kier molecular flexibility index (Phi) is 6.80. The highest BCUT2D eigenvalue weighted by Gasteiger charge is 2.22. The zero-order chi connectivity index (χ0) is 16.7. The number of urea groups is 1. The Hall–Kier alpha value is -1.66. The monoisotopic (exact) mass is 323 g/mol. The second kappa shape index (κ2) is 8.84. The predicted molar refractivity (Wildman–Crippen MR) is 87.9 cm³/mol. The van der Waals surface area contributed by atoms with Gasteiger partial charge in [-0.2, -0.15) is 0 Å². The van der Waals surface area contributed by atoms with E-state index >= 15 is 0 Å². The lowest BCUT2D eigenvalue weighted by Gasteiger charge is -2.35. The van der Waals surface area contributed by atoms with Crippen LogP contribution >= 0.6 is 0 Å². The number of hydrogen-bond donors (Lipinski definition) is 1. The molecule has 6 heteroatoms. The van der Waals surface area contributed by atoms with E-state index < -0.39 is 0 Å². The van der Waals surface area contributed by atoms with Crippen LogP contribution in [0.15, 0.2) is 24.3 Å².